The van der Waals surface area contributed by atoms with Crippen LogP contribution in [0.25, 0.3) is 0 Å². The molecule has 0 aromatic heterocycles. The molecule has 0 bridgehead atoms. The average molecular weight is 302 g/mol. The van der Waals surface area contributed by atoms with Crippen LogP contribution < -0.4 is 0 Å². The Bertz CT molecular complexity index is 350. The zero-order valence-electron chi connectivity index (χ0n) is 9.63. The summed E-state index contributed by atoms with van der Waals surface area (Å²) in [4.78, 5) is 0. The summed E-state index contributed by atoms with van der Waals surface area (Å²) in [5.74, 6) is 1.49. The summed E-state index contributed by atoms with van der Waals surface area (Å²) in [6.45, 7) is 2.34. The van der Waals surface area contributed by atoms with Crippen molar-refractivity contribution in [2.75, 3.05) is 0 Å². The first-order valence-electron chi connectivity index (χ1n) is 6.03. The van der Waals surface area contributed by atoms with E-state index in [2.05, 4.69) is 47.1 Å². The lowest BCUT2D eigenvalue weighted by Gasteiger charge is -2.31. The maximum absolute atomic E-state index is 6.43. The minimum absolute atomic E-state index is 0.371. The first-order valence-corrected chi connectivity index (χ1v) is 7.26. The number of benzene rings is 1. The molecular weight excluding hydrogens is 284 g/mol. The van der Waals surface area contributed by atoms with Crippen LogP contribution in [0.5, 0.6) is 0 Å². The second-order valence-electron chi connectivity index (χ2n) is 5.03. The monoisotopic (exact) mass is 300 g/mol. The van der Waals surface area contributed by atoms with Crippen molar-refractivity contribution in [3.05, 3.63) is 34.3 Å². The molecule has 0 saturated heterocycles. The molecule has 3 atom stereocenters. The molecule has 0 spiro atoms. The molecule has 0 N–H and O–H groups in total. The minimum atomic E-state index is 0.371. The highest BCUT2D eigenvalue weighted by molar-refractivity contribution is 9.10. The predicted molar refractivity (Wildman–Crippen MR) is 74.0 cm³/mol. The molecule has 0 radical (unpaired) electrons. The van der Waals surface area contributed by atoms with Gasteiger partial charge in [-0.2, -0.15) is 0 Å². The van der Waals surface area contributed by atoms with E-state index in [0.717, 1.165) is 12.3 Å². The quantitative estimate of drug-likeness (QED) is 0.672. The molecule has 1 fully saturated rings. The Balaban J connectivity index is 2.02. The van der Waals surface area contributed by atoms with Gasteiger partial charge in [0.05, 0.1) is 0 Å². The SMILES string of the molecule is CC1CCC(Cl)C(Cc2cccc(Br)c2)C1. The number of rotatable bonds is 2. The lowest BCUT2D eigenvalue weighted by atomic mass is 9.79. The second kappa shape index (κ2) is 5.55. The highest BCUT2D eigenvalue weighted by atomic mass is 79.9. The van der Waals surface area contributed by atoms with Crippen LogP contribution in [0.15, 0.2) is 28.7 Å². The van der Waals surface area contributed by atoms with Crippen molar-refractivity contribution in [2.45, 2.75) is 38.0 Å². The van der Waals surface area contributed by atoms with E-state index in [4.69, 9.17) is 11.6 Å². The molecule has 1 aromatic carbocycles. The van der Waals surface area contributed by atoms with E-state index in [9.17, 15) is 0 Å². The lowest BCUT2D eigenvalue weighted by Crippen LogP contribution is -2.25. The molecule has 0 nitrogen and oxygen atoms in total. The van der Waals surface area contributed by atoms with Gasteiger partial charge in [0.1, 0.15) is 0 Å². The summed E-state index contributed by atoms with van der Waals surface area (Å²) in [6, 6.07) is 8.59. The van der Waals surface area contributed by atoms with Crippen LogP contribution in [-0.4, -0.2) is 5.38 Å². The van der Waals surface area contributed by atoms with Crippen molar-refractivity contribution >= 4 is 27.5 Å². The zero-order chi connectivity index (χ0) is 11.5. The van der Waals surface area contributed by atoms with Gasteiger partial charge in [-0.3, -0.25) is 0 Å². The normalized spacial score (nSPS) is 30.3. The van der Waals surface area contributed by atoms with Crippen molar-refractivity contribution in [2.24, 2.45) is 11.8 Å². The van der Waals surface area contributed by atoms with Crippen LogP contribution in [-0.2, 0) is 6.42 Å². The van der Waals surface area contributed by atoms with Gasteiger partial charge in [0.15, 0.2) is 0 Å². The maximum atomic E-state index is 6.43. The lowest BCUT2D eigenvalue weighted by molar-refractivity contribution is 0.287. The number of hydrogen-bond donors (Lipinski definition) is 0. The Hall–Kier alpha value is -0.0100. The zero-order valence-corrected chi connectivity index (χ0v) is 12.0. The summed E-state index contributed by atoms with van der Waals surface area (Å²) in [5, 5.41) is 0.371. The standard InChI is InChI=1S/C14H18BrCl/c1-10-5-6-14(16)12(7-10)8-11-3-2-4-13(15)9-11/h2-4,9-10,12,14H,5-8H2,1H3. The molecule has 3 unspecified atom stereocenters. The van der Waals surface area contributed by atoms with Gasteiger partial charge in [0, 0.05) is 9.85 Å². The highest BCUT2D eigenvalue weighted by Gasteiger charge is 2.26. The fraction of sp³-hybridized carbons (Fsp3) is 0.571. The van der Waals surface area contributed by atoms with E-state index in [0.29, 0.717) is 11.3 Å². The summed E-state index contributed by atoms with van der Waals surface area (Å²) >= 11 is 9.95. The van der Waals surface area contributed by atoms with Gasteiger partial charge in [0.25, 0.3) is 0 Å². The van der Waals surface area contributed by atoms with Crippen LogP contribution >= 0.6 is 27.5 Å². The first-order chi connectivity index (χ1) is 7.65. The Morgan fingerprint density at radius 1 is 1.38 bits per heavy atom. The minimum Gasteiger partial charge on any atom is -0.123 e. The molecule has 1 aliphatic rings. The molecule has 1 aromatic rings. The largest absolute Gasteiger partial charge is 0.123 e. The van der Waals surface area contributed by atoms with Crippen LogP contribution in [0.4, 0.5) is 0 Å². The van der Waals surface area contributed by atoms with Crippen molar-refractivity contribution in [3.8, 4) is 0 Å². The van der Waals surface area contributed by atoms with E-state index in [1.165, 1.54) is 29.3 Å². The maximum Gasteiger partial charge on any atom is 0.0367 e. The van der Waals surface area contributed by atoms with Gasteiger partial charge in [-0.25, -0.2) is 0 Å². The molecule has 1 aliphatic carbocycles. The van der Waals surface area contributed by atoms with Crippen LogP contribution in [0.3, 0.4) is 0 Å². The van der Waals surface area contributed by atoms with E-state index in [1.807, 2.05) is 0 Å². The molecule has 2 heteroatoms. The Labute approximate surface area is 112 Å². The Morgan fingerprint density at radius 2 is 2.19 bits per heavy atom. The van der Waals surface area contributed by atoms with Gasteiger partial charge >= 0.3 is 0 Å². The van der Waals surface area contributed by atoms with E-state index in [-0.39, 0.29) is 0 Å². The van der Waals surface area contributed by atoms with E-state index < -0.39 is 0 Å². The molecule has 16 heavy (non-hydrogen) atoms. The van der Waals surface area contributed by atoms with Gasteiger partial charge in [0.2, 0.25) is 0 Å². The third-order valence-electron chi connectivity index (χ3n) is 3.54. The van der Waals surface area contributed by atoms with E-state index >= 15 is 0 Å². The Kier molecular flexibility index (Phi) is 4.32. The van der Waals surface area contributed by atoms with Gasteiger partial charge in [-0.05, 0) is 55.2 Å². The molecule has 0 amide bonds. The summed E-state index contributed by atoms with van der Waals surface area (Å²) in [7, 11) is 0. The molecule has 0 heterocycles. The predicted octanol–water partition coefficient (Wildman–Crippen LogP) is 5.04. The van der Waals surface area contributed by atoms with Crippen molar-refractivity contribution < 1.29 is 0 Å². The van der Waals surface area contributed by atoms with Crippen LogP contribution in [0.2, 0.25) is 0 Å². The summed E-state index contributed by atoms with van der Waals surface area (Å²) in [5.41, 5.74) is 1.40. The molecule has 2 rings (SSSR count). The fourth-order valence-electron chi connectivity index (χ4n) is 2.64. The average Bonchev–Trinajstić information content (AvgIpc) is 2.24. The fourth-order valence-corrected chi connectivity index (χ4v) is 3.40. The van der Waals surface area contributed by atoms with Crippen LogP contribution in [0.1, 0.15) is 31.7 Å². The van der Waals surface area contributed by atoms with Crippen molar-refractivity contribution in [1.29, 1.82) is 0 Å². The molecular formula is C14H18BrCl. The highest BCUT2D eigenvalue weighted by Crippen LogP contribution is 2.34. The van der Waals surface area contributed by atoms with Crippen molar-refractivity contribution in [3.63, 3.8) is 0 Å². The van der Waals surface area contributed by atoms with Gasteiger partial charge in [-0.15, -0.1) is 11.6 Å². The van der Waals surface area contributed by atoms with E-state index in [1.54, 1.807) is 0 Å². The first kappa shape index (κ1) is 12.4. The molecule has 0 aliphatic heterocycles. The Morgan fingerprint density at radius 3 is 2.94 bits per heavy atom. The topological polar surface area (TPSA) is 0 Å². The smallest absolute Gasteiger partial charge is 0.0367 e. The second-order valence-corrected chi connectivity index (χ2v) is 6.50. The summed E-state index contributed by atoms with van der Waals surface area (Å²) in [6.07, 6.45) is 4.88. The number of alkyl halides is 1. The molecule has 1 saturated carbocycles. The third kappa shape index (κ3) is 3.24. The van der Waals surface area contributed by atoms with Crippen LogP contribution in [0, 0.1) is 11.8 Å². The summed E-state index contributed by atoms with van der Waals surface area (Å²) < 4.78 is 1.17. The molecule has 88 valence electrons. The van der Waals surface area contributed by atoms with Gasteiger partial charge < -0.3 is 0 Å². The number of halogens is 2. The van der Waals surface area contributed by atoms with Crippen molar-refractivity contribution in [1.82, 2.24) is 0 Å². The third-order valence-corrected chi connectivity index (χ3v) is 4.61. The number of hydrogen-bond acceptors (Lipinski definition) is 0. The van der Waals surface area contributed by atoms with Gasteiger partial charge in [-0.1, -0.05) is 35.0 Å².